The molecule has 232 valence electrons. The van der Waals surface area contributed by atoms with Crippen LogP contribution in [0.5, 0.6) is 5.75 Å². The van der Waals surface area contributed by atoms with Gasteiger partial charge in [0.1, 0.15) is 16.2 Å². The molecule has 2 aromatic carbocycles. The molecule has 0 bridgehead atoms. The number of benzene rings is 2. The maximum atomic E-state index is 14.4. The fourth-order valence-corrected chi connectivity index (χ4v) is 7.26. The highest BCUT2D eigenvalue weighted by atomic mass is 35.5. The SMILES string of the molecule is COc1ccc(-c2ccc(C)nc2)cc1CN(C(=O)c1sc2ccccc2c1Cl)[C@H]1CC[C@H](N(C)C(=O)OC(C)(C)C)CC1. The van der Waals surface area contributed by atoms with Crippen molar-refractivity contribution in [3.63, 3.8) is 0 Å². The molecule has 0 radical (unpaired) electrons. The lowest BCUT2D eigenvalue weighted by Gasteiger charge is -2.40. The van der Waals surface area contributed by atoms with Gasteiger partial charge in [-0.1, -0.05) is 41.9 Å². The van der Waals surface area contributed by atoms with Gasteiger partial charge in [0.15, 0.2) is 0 Å². The van der Waals surface area contributed by atoms with Crippen molar-refractivity contribution in [3.05, 3.63) is 82.0 Å². The van der Waals surface area contributed by atoms with Crippen LogP contribution < -0.4 is 4.74 Å². The van der Waals surface area contributed by atoms with Crippen LogP contribution in [0, 0.1) is 6.92 Å². The van der Waals surface area contributed by atoms with Crippen LogP contribution >= 0.6 is 22.9 Å². The van der Waals surface area contributed by atoms with E-state index in [0.717, 1.165) is 58.2 Å². The first kappa shape index (κ1) is 31.8. The Kier molecular flexibility index (Phi) is 9.51. The molecule has 7 nitrogen and oxygen atoms in total. The third kappa shape index (κ3) is 7.02. The molecule has 44 heavy (non-hydrogen) atoms. The highest BCUT2D eigenvalue weighted by Gasteiger charge is 2.35. The molecule has 0 saturated heterocycles. The molecule has 0 N–H and O–H groups in total. The smallest absolute Gasteiger partial charge is 0.410 e. The number of amides is 2. The summed E-state index contributed by atoms with van der Waals surface area (Å²) >= 11 is 8.27. The number of ether oxygens (including phenoxy) is 2. The molecule has 4 aromatic rings. The van der Waals surface area contributed by atoms with E-state index in [1.54, 1.807) is 19.1 Å². The van der Waals surface area contributed by atoms with Crippen molar-refractivity contribution in [2.45, 2.75) is 77.6 Å². The summed E-state index contributed by atoms with van der Waals surface area (Å²) in [4.78, 5) is 35.9. The Hall–Kier alpha value is -3.62. The van der Waals surface area contributed by atoms with E-state index in [1.807, 2.05) is 81.3 Å². The van der Waals surface area contributed by atoms with E-state index in [-0.39, 0.29) is 24.1 Å². The summed E-state index contributed by atoms with van der Waals surface area (Å²) in [5.41, 5.74) is 3.30. The number of halogens is 1. The Labute approximate surface area is 268 Å². The fraction of sp³-hybridized carbons (Fsp3) is 0.400. The monoisotopic (exact) mass is 633 g/mol. The van der Waals surface area contributed by atoms with E-state index in [9.17, 15) is 9.59 Å². The number of aryl methyl sites for hydroxylation is 1. The lowest BCUT2D eigenvalue weighted by atomic mass is 9.89. The Morgan fingerprint density at radius 1 is 1.00 bits per heavy atom. The van der Waals surface area contributed by atoms with Gasteiger partial charge in [-0.05, 0) is 83.2 Å². The molecular formula is C35H40ClN3O4S. The Bertz CT molecular complexity index is 1640. The van der Waals surface area contributed by atoms with Crippen LogP contribution in [0.4, 0.5) is 4.79 Å². The quantitative estimate of drug-likeness (QED) is 0.203. The van der Waals surface area contributed by atoms with Crippen molar-refractivity contribution in [1.29, 1.82) is 0 Å². The minimum atomic E-state index is -0.558. The van der Waals surface area contributed by atoms with Gasteiger partial charge >= 0.3 is 6.09 Å². The average Bonchev–Trinajstić information content (AvgIpc) is 3.35. The van der Waals surface area contributed by atoms with Gasteiger partial charge in [-0.15, -0.1) is 11.3 Å². The number of rotatable bonds is 7. The molecule has 1 aliphatic carbocycles. The molecular weight excluding hydrogens is 594 g/mol. The first-order valence-electron chi connectivity index (χ1n) is 15.0. The maximum absolute atomic E-state index is 14.4. The number of fused-ring (bicyclic) bond motifs is 1. The van der Waals surface area contributed by atoms with Crippen LogP contribution in [0.15, 0.2) is 60.8 Å². The molecule has 0 aliphatic heterocycles. The van der Waals surface area contributed by atoms with Crippen molar-refractivity contribution in [2.24, 2.45) is 0 Å². The number of methoxy groups -OCH3 is 1. The molecule has 2 aromatic heterocycles. The van der Waals surface area contributed by atoms with E-state index >= 15 is 0 Å². The summed E-state index contributed by atoms with van der Waals surface area (Å²) in [6.45, 7) is 7.94. The molecule has 1 saturated carbocycles. The maximum Gasteiger partial charge on any atom is 0.410 e. The predicted molar refractivity (Wildman–Crippen MR) is 178 cm³/mol. The predicted octanol–water partition coefficient (Wildman–Crippen LogP) is 8.75. The van der Waals surface area contributed by atoms with Crippen molar-refractivity contribution in [2.75, 3.05) is 14.2 Å². The number of nitrogens with zero attached hydrogens (tertiary/aromatic N) is 3. The molecule has 0 spiro atoms. The van der Waals surface area contributed by atoms with E-state index < -0.39 is 5.60 Å². The number of aromatic nitrogens is 1. The number of thiophene rings is 1. The number of carbonyl (C=O) groups excluding carboxylic acids is 2. The number of hydrogen-bond acceptors (Lipinski definition) is 6. The van der Waals surface area contributed by atoms with Gasteiger partial charge in [-0.25, -0.2) is 4.79 Å². The van der Waals surface area contributed by atoms with Crippen molar-refractivity contribution >= 4 is 45.0 Å². The van der Waals surface area contributed by atoms with Crippen LogP contribution in [0.3, 0.4) is 0 Å². The number of carbonyl (C=O) groups is 2. The molecule has 9 heteroatoms. The first-order chi connectivity index (χ1) is 20.9. The van der Waals surface area contributed by atoms with Gasteiger partial charge in [-0.3, -0.25) is 9.78 Å². The summed E-state index contributed by atoms with van der Waals surface area (Å²) in [7, 11) is 3.45. The standard InChI is InChI=1S/C35H40ClN3O4S/c1-22-11-12-24(20-37-22)23-13-18-29(42-6)25(19-23)21-39(33(40)32-31(36)28-9-7-8-10-30(28)44-32)27-16-14-26(15-17-27)38(5)34(41)43-35(2,3)4/h7-13,18-20,26-27H,14-17,21H2,1-6H3/t26-,27-. The third-order valence-corrected chi connectivity index (χ3v) is 9.86. The van der Waals surface area contributed by atoms with Gasteiger partial charge in [0, 0.05) is 58.8 Å². The van der Waals surface area contributed by atoms with Gasteiger partial charge < -0.3 is 19.3 Å². The van der Waals surface area contributed by atoms with E-state index in [4.69, 9.17) is 21.1 Å². The molecule has 1 fully saturated rings. The lowest BCUT2D eigenvalue weighted by Crippen LogP contribution is -2.47. The Morgan fingerprint density at radius 2 is 1.68 bits per heavy atom. The zero-order valence-electron chi connectivity index (χ0n) is 26.2. The first-order valence-corrected chi connectivity index (χ1v) is 16.2. The van der Waals surface area contributed by atoms with E-state index in [0.29, 0.717) is 22.2 Å². The van der Waals surface area contributed by atoms with E-state index in [1.165, 1.54) is 11.3 Å². The molecule has 0 atom stereocenters. The molecule has 2 heterocycles. The molecule has 1 aliphatic rings. The van der Waals surface area contributed by atoms with Crippen LogP contribution in [0.1, 0.15) is 67.4 Å². The average molecular weight is 634 g/mol. The van der Waals surface area contributed by atoms with Crippen molar-refractivity contribution < 1.29 is 19.1 Å². The van der Waals surface area contributed by atoms with Crippen molar-refractivity contribution in [3.8, 4) is 16.9 Å². The highest BCUT2D eigenvalue weighted by Crippen LogP contribution is 2.39. The van der Waals surface area contributed by atoms with Gasteiger partial charge in [0.25, 0.3) is 5.91 Å². The zero-order valence-corrected chi connectivity index (χ0v) is 27.8. The van der Waals surface area contributed by atoms with E-state index in [2.05, 4.69) is 17.1 Å². The normalized spacial score (nSPS) is 16.9. The Balaban J connectivity index is 1.45. The van der Waals surface area contributed by atoms with Gasteiger partial charge in [-0.2, -0.15) is 0 Å². The molecule has 0 unspecified atom stereocenters. The second-order valence-electron chi connectivity index (χ2n) is 12.4. The van der Waals surface area contributed by atoms with Crippen LogP contribution in [0.2, 0.25) is 5.02 Å². The van der Waals surface area contributed by atoms with Gasteiger partial charge in [0.2, 0.25) is 0 Å². The molecule has 5 rings (SSSR count). The highest BCUT2D eigenvalue weighted by molar-refractivity contribution is 7.21. The third-order valence-electron chi connectivity index (χ3n) is 8.19. The zero-order chi connectivity index (χ0) is 31.6. The summed E-state index contributed by atoms with van der Waals surface area (Å²) < 4.78 is 12.4. The van der Waals surface area contributed by atoms with Gasteiger partial charge in [0.05, 0.1) is 12.1 Å². The summed E-state index contributed by atoms with van der Waals surface area (Å²) in [5, 5.41) is 1.38. The van der Waals surface area contributed by atoms with Crippen LogP contribution in [0.25, 0.3) is 21.2 Å². The van der Waals surface area contributed by atoms with Crippen molar-refractivity contribution in [1.82, 2.24) is 14.8 Å². The second kappa shape index (κ2) is 13.2. The minimum Gasteiger partial charge on any atom is -0.496 e. The number of hydrogen-bond donors (Lipinski definition) is 0. The lowest BCUT2D eigenvalue weighted by molar-refractivity contribution is 0.0144. The minimum absolute atomic E-state index is 0.0397. The van der Waals surface area contributed by atoms with Crippen LogP contribution in [-0.4, -0.2) is 58.6 Å². The summed E-state index contributed by atoms with van der Waals surface area (Å²) in [6, 6.07) is 17.9. The second-order valence-corrected chi connectivity index (χ2v) is 13.9. The Morgan fingerprint density at radius 3 is 2.32 bits per heavy atom. The summed E-state index contributed by atoms with van der Waals surface area (Å²) in [6.07, 6.45) is 4.56. The molecule has 2 amide bonds. The summed E-state index contributed by atoms with van der Waals surface area (Å²) in [5.74, 6) is 0.622. The largest absolute Gasteiger partial charge is 0.496 e. The fourth-order valence-electron chi connectivity index (χ4n) is 5.79. The van der Waals surface area contributed by atoms with Crippen LogP contribution in [-0.2, 0) is 11.3 Å². The number of pyridine rings is 1. The topological polar surface area (TPSA) is 72.0 Å².